The average Bonchev–Trinajstić information content (AvgIpc) is 2.61. The maximum absolute atomic E-state index is 12.2. The predicted octanol–water partition coefficient (Wildman–Crippen LogP) is 0.230. The van der Waals surface area contributed by atoms with E-state index in [0.717, 1.165) is 0 Å². The van der Waals surface area contributed by atoms with Crippen LogP contribution in [0.5, 0.6) is 0 Å². The number of amides is 2. The van der Waals surface area contributed by atoms with Crippen LogP contribution in [0.2, 0.25) is 5.15 Å². The number of nitrogens with one attached hydrogen (secondary N) is 1. The van der Waals surface area contributed by atoms with Gasteiger partial charge in [0, 0.05) is 24.0 Å². The third-order valence-electron chi connectivity index (χ3n) is 3.31. The van der Waals surface area contributed by atoms with Gasteiger partial charge in [0.05, 0.1) is 22.9 Å². The molecule has 1 aromatic carbocycles. The Morgan fingerprint density at radius 2 is 2.29 bits per heavy atom. The zero-order valence-electron chi connectivity index (χ0n) is 10.8. The number of carbonyl (C=O) groups excluding carboxylic acids is 2. The van der Waals surface area contributed by atoms with Crippen LogP contribution in [0.25, 0.3) is 10.9 Å². The number of rotatable bonds is 3. The molecule has 0 saturated heterocycles. The number of nitrogens with two attached hydrogens (primary N) is 2. The number of hydrazone groups is 1. The second-order valence-corrected chi connectivity index (χ2v) is 4.87. The summed E-state index contributed by atoms with van der Waals surface area (Å²) in [5.41, 5.74) is 14.6. The fraction of sp³-hybridized carbons (Fsp3) is 0.154. The second-order valence-electron chi connectivity index (χ2n) is 4.51. The first-order chi connectivity index (χ1) is 10.1. The van der Waals surface area contributed by atoms with Crippen LogP contribution in [0.1, 0.15) is 26.3 Å². The first-order valence-corrected chi connectivity index (χ1v) is 6.53. The topological polar surface area (TPSA) is 115 Å². The number of hydrogen-bond acceptors (Lipinski definition) is 4. The van der Waals surface area contributed by atoms with Gasteiger partial charge in [0.15, 0.2) is 0 Å². The molecule has 5 N–H and O–H groups in total. The molecule has 0 unspecified atom stereocenters. The minimum atomic E-state index is -0.738. The van der Waals surface area contributed by atoms with E-state index in [-0.39, 0.29) is 11.1 Å². The Morgan fingerprint density at radius 1 is 1.52 bits per heavy atom. The average molecular weight is 305 g/mol. The number of hydrogen-bond donors (Lipinski definition) is 3. The molecule has 0 aliphatic carbocycles. The fourth-order valence-corrected chi connectivity index (χ4v) is 2.79. The van der Waals surface area contributed by atoms with Crippen molar-refractivity contribution in [1.82, 2.24) is 9.99 Å². The number of nitrogens with zero attached hydrogens (tertiary/aromatic N) is 2. The molecule has 2 heterocycles. The predicted molar refractivity (Wildman–Crippen MR) is 78.4 cm³/mol. The van der Waals surface area contributed by atoms with Crippen molar-refractivity contribution in [2.45, 2.75) is 6.54 Å². The minimum Gasteiger partial charge on any atom is -0.366 e. The summed E-state index contributed by atoms with van der Waals surface area (Å²) >= 11 is 6.34. The van der Waals surface area contributed by atoms with Crippen LogP contribution in [0.3, 0.4) is 0 Å². The van der Waals surface area contributed by atoms with E-state index >= 15 is 0 Å². The minimum absolute atomic E-state index is 0.00770. The van der Waals surface area contributed by atoms with Gasteiger partial charge in [-0.15, -0.1) is 0 Å². The Kier molecular flexibility index (Phi) is 3.15. The van der Waals surface area contributed by atoms with E-state index in [1.165, 1.54) is 6.21 Å². The summed E-state index contributed by atoms with van der Waals surface area (Å²) in [7, 11) is 0. The molecule has 0 fully saturated rings. The standard InChI is InChI=1S/C13H11ClN5O2/c14-11-7-5-17-18-13(21)10-6(12(16)20)1-2-8(9(7)10)19(11)4-3-15/h2,5H,3-4,15H2,(H2,16,20)(H,18,21). The molecule has 0 saturated carbocycles. The van der Waals surface area contributed by atoms with Gasteiger partial charge in [-0.2, -0.15) is 5.10 Å². The highest BCUT2D eigenvalue weighted by Crippen LogP contribution is 2.33. The van der Waals surface area contributed by atoms with Gasteiger partial charge >= 0.3 is 0 Å². The SMILES string of the molecule is NCCn1c(Cl)c2c3c(c(C(N)=O)[c]cc31)C(=O)NN=C2. The molecule has 2 aromatic rings. The van der Waals surface area contributed by atoms with E-state index in [9.17, 15) is 9.59 Å². The highest BCUT2D eigenvalue weighted by molar-refractivity contribution is 6.36. The molecule has 0 atom stereocenters. The monoisotopic (exact) mass is 304 g/mol. The normalized spacial score (nSPS) is 13.3. The van der Waals surface area contributed by atoms with Crippen LogP contribution in [0.15, 0.2) is 11.2 Å². The maximum atomic E-state index is 12.2. The van der Waals surface area contributed by atoms with E-state index in [1.54, 1.807) is 10.6 Å². The molecular weight excluding hydrogens is 294 g/mol. The maximum Gasteiger partial charge on any atom is 0.272 e. The third-order valence-corrected chi connectivity index (χ3v) is 3.72. The molecule has 1 radical (unpaired) electrons. The summed E-state index contributed by atoms with van der Waals surface area (Å²) in [5, 5.41) is 4.73. The van der Waals surface area contributed by atoms with Gasteiger partial charge in [-0.05, 0) is 12.1 Å². The molecule has 0 spiro atoms. The lowest BCUT2D eigenvalue weighted by Gasteiger charge is -2.08. The van der Waals surface area contributed by atoms with Gasteiger partial charge in [-0.1, -0.05) is 11.6 Å². The van der Waals surface area contributed by atoms with Crippen molar-refractivity contribution in [2.24, 2.45) is 16.6 Å². The Morgan fingerprint density at radius 3 is 2.95 bits per heavy atom. The van der Waals surface area contributed by atoms with E-state index in [4.69, 9.17) is 23.1 Å². The molecule has 107 valence electrons. The van der Waals surface area contributed by atoms with Crippen molar-refractivity contribution in [3.05, 3.63) is 34.0 Å². The Hall–Kier alpha value is -2.38. The van der Waals surface area contributed by atoms with Gasteiger partial charge in [-0.25, -0.2) is 5.43 Å². The largest absolute Gasteiger partial charge is 0.366 e. The first-order valence-electron chi connectivity index (χ1n) is 6.16. The van der Waals surface area contributed by atoms with Gasteiger partial charge in [0.2, 0.25) is 5.91 Å². The van der Waals surface area contributed by atoms with E-state index < -0.39 is 11.8 Å². The molecule has 3 rings (SSSR count). The van der Waals surface area contributed by atoms with Crippen molar-refractivity contribution in [3.63, 3.8) is 0 Å². The first kappa shape index (κ1) is 13.6. The Labute approximate surface area is 124 Å². The van der Waals surface area contributed by atoms with E-state index in [2.05, 4.69) is 16.6 Å². The Bertz CT molecular complexity index is 809. The lowest BCUT2D eigenvalue weighted by Crippen LogP contribution is -2.23. The third kappa shape index (κ3) is 1.90. The zero-order valence-corrected chi connectivity index (χ0v) is 11.6. The van der Waals surface area contributed by atoms with Crippen molar-refractivity contribution in [2.75, 3.05) is 6.54 Å². The van der Waals surface area contributed by atoms with Crippen LogP contribution in [-0.4, -0.2) is 29.1 Å². The molecular formula is C13H11ClN5O2. The summed E-state index contributed by atoms with van der Waals surface area (Å²) in [5.74, 6) is -1.26. The zero-order chi connectivity index (χ0) is 15.1. The van der Waals surface area contributed by atoms with E-state index in [0.29, 0.717) is 34.7 Å². The molecule has 21 heavy (non-hydrogen) atoms. The quantitative estimate of drug-likeness (QED) is 0.753. The molecule has 1 aromatic heterocycles. The number of primary amides is 1. The summed E-state index contributed by atoms with van der Waals surface area (Å²) in [6, 6.07) is 4.33. The molecule has 0 bridgehead atoms. The van der Waals surface area contributed by atoms with Crippen LogP contribution in [0.4, 0.5) is 0 Å². The highest BCUT2D eigenvalue weighted by Gasteiger charge is 2.26. The summed E-state index contributed by atoms with van der Waals surface area (Å²) in [6.45, 7) is 0.840. The summed E-state index contributed by atoms with van der Waals surface area (Å²) in [6.07, 6.45) is 1.44. The number of carbonyl (C=O) groups is 2. The molecule has 8 heteroatoms. The molecule has 2 amide bonds. The van der Waals surface area contributed by atoms with Gasteiger partial charge < -0.3 is 16.0 Å². The number of aromatic nitrogens is 1. The highest BCUT2D eigenvalue weighted by atomic mass is 35.5. The lowest BCUT2D eigenvalue weighted by molar-refractivity contribution is 0.0939. The fourth-order valence-electron chi connectivity index (χ4n) is 2.48. The lowest BCUT2D eigenvalue weighted by atomic mass is 9.99. The van der Waals surface area contributed by atoms with Crippen LogP contribution in [-0.2, 0) is 6.54 Å². The van der Waals surface area contributed by atoms with Gasteiger partial charge in [-0.3, -0.25) is 9.59 Å². The number of benzene rings is 1. The smallest absolute Gasteiger partial charge is 0.272 e. The Balaban J connectivity index is 2.48. The molecule has 1 aliphatic rings. The molecule has 7 nitrogen and oxygen atoms in total. The van der Waals surface area contributed by atoms with Crippen LogP contribution < -0.4 is 16.9 Å². The second kappa shape index (κ2) is 4.87. The van der Waals surface area contributed by atoms with Crippen molar-refractivity contribution < 1.29 is 9.59 Å². The van der Waals surface area contributed by atoms with Crippen LogP contribution in [0, 0.1) is 6.07 Å². The van der Waals surface area contributed by atoms with E-state index in [1.807, 2.05) is 0 Å². The summed E-state index contributed by atoms with van der Waals surface area (Å²) in [4.78, 5) is 23.7. The van der Waals surface area contributed by atoms with Crippen molar-refractivity contribution in [1.29, 1.82) is 0 Å². The van der Waals surface area contributed by atoms with Gasteiger partial charge in [0.1, 0.15) is 5.15 Å². The summed E-state index contributed by atoms with van der Waals surface area (Å²) < 4.78 is 1.75. The number of halogens is 1. The van der Waals surface area contributed by atoms with Crippen molar-refractivity contribution in [3.8, 4) is 0 Å². The van der Waals surface area contributed by atoms with Crippen LogP contribution >= 0.6 is 11.6 Å². The van der Waals surface area contributed by atoms with Gasteiger partial charge in [0.25, 0.3) is 5.91 Å². The van der Waals surface area contributed by atoms with Crippen molar-refractivity contribution >= 4 is 40.5 Å². The molecule has 1 aliphatic heterocycles.